The number of aromatic nitrogens is 2. The Hall–Kier alpha value is -3.40. The van der Waals surface area contributed by atoms with Gasteiger partial charge in [0.05, 0.1) is 38.1 Å². The third-order valence-electron chi connectivity index (χ3n) is 7.39. The van der Waals surface area contributed by atoms with Gasteiger partial charge in [0.15, 0.2) is 5.69 Å². The van der Waals surface area contributed by atoms with Crippen molar-refractivity contribution >= 4 is 18.1 Å². The van der Waals surface area contributed by atoms with Crippen LogP contribution in [0.3, 0.4) is 0 Å². The summed E-state index contributed by atoms with van der Waals surface area (Å²) < 4.78 is 13.3. The summed E-state index contributed by atoms with van der Waals surface area (Å²) in [5.41, 5.74) is 1.80. The van der Waals surface area contributed by atoms with Crippen LogP contribution in [0.4, 0.5) is 0 Å². The Bertz CT molecular complexity index is 1090. The van der Waals surface area contributed by atoms with Gasteiger partial charge in [-0.15, -0.1) is 0 Å². The van der Waals surface area contributed by atoms with Crippen LogP contribution in [0.15, 0.2) is 24.3 Å². The zero-order valence-electron chi connectivity index (χ0n) is 31.4. The molecule has 270 valence electrons. The molecular weight excluding hydrogens is 596 g/mol. The molecule has 1 atom stereocenters. The molecule has 2 aromatic rings. The molecule has 1 unspecified atom stereocenters. The second-order valence-electron chi connectivity index (χ2n) is 11.3. The van der Waals surface area contributed by atoms with Gasteiger partial charge in [0, 0.05) is 19.6 Å². The minimum absolute atomic E-state index is 0.0459. The number of nitrogens with one attached hydrogen (secondary N) is 2. The molecule has 2 amide bonds. The van der Waals surface area contributed by atoms with Crippen LogP contribution >= 0.6 is 0 Å². The summed E-state index contributed by atoms with van der Waals surface area (Å²) in [6.45, 7) is 18.7. The maximum atomic E-state index is 13.4. The first-order valence-corrected chi connectivity index (χ1v) is 17.5. The fraction of sp³-hybridized carbons (Fsp3) is 0.676. The van der Waals surface area contributed by atoms with Crippen molar-refractivity contribution in [2.75, 3.05) is 27.9 Å². The summed E-state index contributed by atoms with van der Waals surface area (Å²) in [5, 5.41) is 17.3. The third kappa shape index (κ3) is 16.3. The van der Waals surface area contributed by atoms with Gasteiger partial charge < -0.3 is 30.0 Å². The van der Waals surface area contributed by atoms with Gasteiger partial charge in [0.25, 0.3) is 5.91 Å². The fourth-order valence-corrected chi connectivity index (χ4v) is 5.03. The summed E-state index contributed by atoms with van der Waals surface area (Å²) in [5.74, 6) is 1.59. The standard InChI is InChI=1S/C28H40N4O5.C4H10.2C2H6.CH4O/c1-18(2)15-20(16-26(34)29-13-14-33)30-28(35)22-17-23(27-24(36-4)7-6-8-25(27)37-5)32(31-22)21-11-9-19(3)10-12-21;1-3-4-2;3*1-2/h6-8,14,17-21H,9-13,15-16H2,1-5H3,(H,29,34)(H,30,35);3-4H2,1-2H3;2*1-2H3;2H,1H3. The van der Waals surface area contributed by atoms with Crippen molar-refractivity contribution in [3.8, 4) is 22.8 Å². The Morgan fingerprint density at radius 2 is 1.53 bits per heavy atom. The number of carbonyl (C=O) groups excluding carboxylic acids is 3. The molecule has 1 saturated carbocycles. The van der Waals surface area contributed by atoms with E-state index in [-0.39, 0.29) is 48.5 Å². The van der Waals surface area contributed by atoms with Gasteiger partial charge in [-0.3, -0.25) is 14.3 Å². The number of nitrogens with zero attached hydrogens (tertiary/aromatic N) is 2. The molecule has 1 aliphatic rings. The molecule has 1 fully saturated rings. The van der Waals surface area contributed by atoms with Crippen molar-refractivity contribution in [1.82, 2.24) is 20.4 Å². The number of amides is 2. The summed E-state index contributed by atoms with van der Waals surface area (Å²) in [6, 6.07) is 7.16. The Morgan fingerprint density at radius 1 is 1.00 bits per heavy atom. The predicted molar refractivity (Wildman–Crippen MR) is 193 cm³/mol. The van der Waals surface area contributed by atoms with Crippen LogP contribution in [0.2, 0.25) is 0 Å². The lowest BCUT2D eigenvalue weighted by Gasteiger charge is -2.28. The first kappa shape index (κ1) is 45.7. The maximum Gasteiger partial charge on any atom is 0.272 e. The summed E-state index contributed by atoms with van der Waals surface area (Å²) in [7, 11) is 4.22. The van der Waals surface area contributed by atoms with Gasteiger partial charge in [0.1, 0.15) is 17.8 Å². The second-order valence-corrected chi connectivity index (χ2v) is 11.3. The van der Waals surface area contributed by atoms with Crippen LogP contribution in [0, 0.1) is 11.8 Å². The number of aliphatic hydroxyl groups excluding tert-OH is 1. The highest BCUT2D eigenvalue weighted by atomic mass is 16.5. The van der Waals surface area contributed by atoms with Crippen molar-refractivity contribution in [3.63, 3.8) is 0 Å². The van der Waals surface area contributed by atoms with Crippen LogP contribution in [-0.2, 0) is 9.59 Å². The Labute approximate surface area is 285 Å². The average Bonchev–Trinajstić information content (AvgIpc) is 3.55. The monoisotopic (exact) mass is 662 g/mol. The van der Waals surface area contributed by atoms with E-state index in [1.54, 1.807) is 20.3 Å². The Balaban J connectivity index is 0. The molecule has 0 radical (unpaired) electrons. The van der Waals surface area contributed by atoms with E-state index in [0.717, 1.165) is 44.1 Å². The van der Waals surface area contributed by atoms with E-state index in [1.165, 1.54) is 12.8 Å². The summed E-state index contributed by atoms with van der Waals surface area (Å²) in [4.78, 5) is 36.3. The number of hydrogen-bond acceptors (Lipinski definition) is 7. The van der Waals surface area contributed by atoms with Crippen molar-refractivity contribution in [2.24, 2.45) is 11.8 Å². The minimum atomic E-state index is -0.385. The first-order chi connectivity index (χ1) is 22.7. The summed E-state index contributed by atoms with van der Waals surface area (Å²) in [6.07, 6.45) is 8.13. The predicted octanol–water partition coefficient (Wildman–Crippen LogP) is 7.64. The van der Waals surface area contributed by atoms with Gasteiger partial charge in [-0.1, -0.05) is 81.2 Å². The van der Waals surface area contributed by atoms with E-state index in [1.807, 2.05) is 64.4 Å². The smallest absolute Gasteiger partial charge is 0.272 e. The highest BCUT2D eigenvalue weighted by molar-refractivity contribution is 5.94. The van der Waals surface area contributed by atoms with Crippen LogP contribution in [0.1, 0.15) is 130 Å². The zero-order valence-corrected chi connectivity index (χ0v) is 31.4. The lowest BCUT2D eigenvalue weighted by Crippen LogP contribution is -2.40. The highest BCUT2D eigenvalue weighted by Crippen LogP contribution is 2.42. The molecule has 0 bridgehead atoms. The second kappa shape index (κ2) is 27.7. The molecule has 0 aliphatic heterocycles. The fourth-order valence-electron chi connectivity index (χ4n) is 5.03. The molecule has 1 aromatic carbocycles. The maximum absolute atomic E-state index is 13.4. The molecule has 0 spiro atoms. The van der Waals surface area contributed by atoms with E-state index in [2.05, 4.69) is 31.4 Å². The average molecular weight is 663 g/mol. The molecule has 47 heavy (non-hydrogen) atoms. The van der Waals surface area contributed by atoms with Crippen LogP contribution in [0.5, 0.6) is 11.5 Å². The SMILES string of the molecule is CC.CC.CCCC.CO.COc1cccc(OC)c1-c1cc(C(=O)NC(CC(=O)NCC=O)CC(C)C)nn1C1CCC(C)CC1. The molecule has 3 rings (SSSR count). The molecule has 1 heterocycles. The third-order valence-corrected chi connectivity index (χ3v) is 7.39. The number of hydrogen-bond donors (Lipinski definition) is 3. The lowest BCUT2D eigenvalue weighted by molar-refractivity contribution is -0.123. The first-order valence-electron chi connectivity index (χ1n) is 17.5. The van der Waals surface area contributed by atoms with Crippen LogP contribution in [0.25, 0.3) is 11.3 Å². The van der Waals surface area contributed by atoms with E-state index in [4.69, 9.17) is 19.7 Å². The summed E-state index contributed by atoms with van der Waals surface area (Å²) >= 11 is 0. The van der Waals surface area contributed by atoms with Gasteiger partial charge >= 0.3 is 0 Å². The molecule has 3 N–H and O–H groups in total. The molecular formula is C37H66N4O6. The van der Waals surface area contributed by atoms with E-state index in [9.17, 15) is 14.4 Å². The molecule has 10 heteroatoms. The number of ether oxygens (including phenoxy) is 2. The zero-order chi connectivity index (χ0) is 36.4. The minimum Gasteiger partial charge on any atom is -0.496 e. The quantitative estimate of drug-likeness (QED) is 0.188. The van der Waals surface area contributed by atoms with E-state index >= 15 is 0 Å². The van der Waals surface area contributed by atoms with Gasteiger partial charge in [-0.2, -0.15) is 5.10 Å². The number of carbonyl (C=O) groups is 3. The lowest BCUT2D eigenvalue weighted by atomic mass is 9.87. The number of aldehydes is 1. The van der Waals surface area contributed by atoms with Gasteiger partial charge in [0.2, 0.25) is 5.91 Å². The molecule has 1 aromatic heterocycles. The molecule has 0 saturated heterocycles. The number of methoxy groups -OCH3 is 2. The normalized spacial score (nSPS) is 15.4. The van der Waals surface area contributed by atoms with Crippen molar-refractivity contribution in [1.29, 1.82) is 0 Å². The number of benzene rings is 1. The van der Waals surface area contributed by atoms with Crippen LogP contribution < -0.4 is 20.1 Å². The largest absolute Gasteiger partial charge is 0.496 e. The van der Waals surface area contributed by atoms with Crippen LogP contribution in [-0.4, -0.2) is 66.9 Å². The van der Waals surface area contributed by atoms with Crippen molar-refractivity contribution in [3.05, 3.63) is 30.0 Å². The van der Waals surface area contributed by atoms with Gasteiger partial charge in [-0.25, -0.2) is 0 Å². The van der Waals surface area contributed by atoms with E-state index < -0.39 is 0 Å². The topological polar surface area (TPSA) is 132 Å². The van der Waals surface area contributed by atoms with Crippen molar-refractivity contribution < 1.29 is 29.0 Å². The number of aliphatic hydroxyl groups is 1. The number of unbranched alkanes of at least 4 members (excludes halogenated alkanes) is 1. The van der Waals surface area contributed by atoms with Crippen molar-refractivity contribution in [2.45, 2.75) is 126 Å². The Morgan fingerprint density at radius 3 is 1.98 bits per heavy atom. The Kier molecular flexibility index (Phi) is 26.9. The molecule has 1 aliphatic carbocycles. The van der Waals surface area contributed by atoms with Gasteiger partial charge in [-0.05, 0) is 62.1 Å². The molecule has 10 nitrogen and oxygen atoms in total. The number of rotatable bonds is 13. The van der Waals surface area contributed by atoms with E-state index in [0.29, 0.717) is 30.1 Å². The highest BCUT2D eigenvalue weighted by Gasteiger charge is 2.28.